The first-order chi connectivity index (χ1) is 14.5. The number of aryl methyl sites for hydroxylation is 1. The number of hydrazine groups is 1. The second kappa shape index (κ2) is 9.93. The third-order valence-electron chi connectivity index (χ3n) is 4.99. The van der Waals surface area contributed by atoms with Gasteiger partial charge in [0.25, 0.3) is 0 Å². The molecule has 0 unspecified atom stereocenters. The number of para-hydroxylation sites is 1. The van der Waals surface area contributed by atoms with E-state index in [9.17, 15) is 9.59 Å². The lowest BCUT2D eigenvalue weighted by atomic mass is 10.0. The number of hydrogen-bond acceptors (Lipinski definition) is 3. The van der Waals surface area contributed by atoms with Gasteiger partial charge in [0.1, 0.15) is 5.75 Å². The van der Waals surface area contributed by atoms with Gasteiger partial charge in [-0.3, -0.25) is 20.4 Å². The molecular formula is C23H29N4O3+. The van der Waals surface area contributed by atoms with Crippen LogP contribution in [0.4, 0.5) is 0 Å². The van der Waals surface area contributed by atoms with E-state index in [1.807, 2.05) is 56.6 Å². The lowest BCUT2D eigenvalue weighted by Crippen LogP contribution is -3.05. The van der Waals surface area contributed by atoms with Gasteiger partial charge in [-0.1, -0.05) is 18.2 Å². The van der Waals surface area contributed by atoms with Gasteiger partial charge in [-0.15, -0.1) is 0 Å². The van der Waals surface area contributed by atoms with E-state index in [2.05, 4.69) is 21.9 Å². The van der Waals surface area contributed by atoms with E-state index >= 15 is 0 Å². The molecule has 0 fully saturated rings. The number of quaternary nitrogens is 1. The summed E-state index contributed by atoms with van der Waals surface area (Å²) in [6.45, 7) is 0.711. The predicted molar refractivity (Wildman–Crippen MR) is 117 cm³/mol. The van der Waals surface area contributed by atoms with Gasteiger partial charge in [0.05, 0.1) is 34.2 Å². The van der Waals surface area contributed by atoms with Crippen LogP contribution < -0.4 is 20.5 Å². The molecule has 2 amide bonds. The quantitative estimate of drug-likeness (QED) is 0.425. The summed E-state index contributed by atoms with van der Waals surface area (Å²) in [4.78, 5) is 28.7. The van der Waals surface area contributed by atoms with E-state index in [1.165, 1.54) is 4.90 Å². The van der Waals surface area contributed by atoms with Gasteiger partial charge in [-0.2, -0.15) is 0 Å². The highest BCUT2D eigenvalue weighted by atomic mass is 16.5. The van der Waals surface area contributed by atoms with Gasteiger partial charge in [0.2, 0.25) is 11.8 Å². The van der Waals surface area contributed by atoms with Crippen LogP contribution in [0.5, 0.6) is 5.75 Å². The summed E-state index contributed by atoms with van der Waals surface area (Å²) in [5, 5.41) is 1.09. The van der Waals surface area contributed by atoms with Crippen molar-refractivity contribution in [2.75, 3.05) is 27.7 Å². The predicted octanol–water partition coefficient (Wildman–Crippen LogP) is 1.46. The number of ether oxygens (including phenoxy) is 1. The number of carbonyl (C=O) groups excluding carboxylic acids is 2. The number of amides is 2. The van der Waals surface area contributed by atoms with Crippen LogP contribution in [0.15, 0.2) is 48.5 Å². The van der Waals surface area contributed by atoms with Gasteiger partial charge in [0, 0.05) is 23.0 Å². The van der Waals surface area contributed by atoms with Gasteiger partial charge < -0.3 is 14.6 Å². The van der Waals surface area contributed by atoms with Crippen molar-refractivity contribution < 1.29 is 19.2 Å². The van der Waals surface area contributed by atoms with Crippen molar-refractivity contribution in [2.45, 2.75) is 19.3 Å². The maximum atomic E-state index is 12.3. The fourth-order valence-corrected chi connectivity index (χ4v) is 3.33. The fraction of sp³-hybridized carbons (Fsp3) is 0.304. The van der Waals surface area contributed by atoms with Crippen molar-refractivity contribution in [1.82, 2.24) is 15.8 Å². The summed E-state index contributed by atoms with van der Waals surface area (Å²) in [5.41, 5.74) is 9.13. The third kappa shape index (κ3) is 5.39. The zero-order valence-corrected chi connectivity index (χ0v) is 17.7. The molecule has 0 saturated heterocycles. The number of fused-ring (bicyclic) bond motifs is 1. The largest absolute Gasteiger partial charge is 0.497 e. The van der Waals surface area contributed by atoms with Crippen molar-refractivity contribution >= 4 is 22.7 Å². The summed E-state index contributed by atoms with van der Waals surface area (Å²) in [7, 11) is 5.60. The summed E-state index contributed by atoms with van der Waals surface area (Å²) in [6.07, 6.45) is 1.19. The topological polar surface area (TPSA) is 87.7 Å². The minimum Gasteiger partial charge on any atom is -0.497 e. The lowest BCUT2D eigenvalue weighted by molar-refractivity contribution is -0.857. The first kappa shape index (κ1) is 21.4. The Kier molecular flexibility index (Phi) is 7.08. The molecule has 3 aromatic rings. The molecule has 30 heavy (non-hydrogen) atoms. The van der Waals surface area contributed by atoms with Crippen LogP contribution >= 0.6 is 0 Å². The van der Waals surface area contributed by atoms with Gasteiger partial charge in [0.15, 0.2) is 0 Å². The minimum atomic E-state index is -0.216. The summed E-state index contributed by atoms with van der Waals surface area (Å²) in [5.74, 6) is 0.393. The summed E-state index contributed by atoms with van der Waals surface area (Å²) >= 11 is 0. The summed E-state index contributed by atoms with van der Waals surface area (Å²) < 4.78 is 5.25. The minimum absolute atomic E-state index is 0.185. The molecule has 158 valence electrons. The molecular weight excluding hydrogens is 380 g/mol. The van der Waals surface area contributed by atoms with Gasteiger partial charge in [-0.25, -0.2) is 0 Å². The number of nitrogens with one attached hydrogen (secondary N) is 4. The third-order valence-corrected chi connectivity index (χ3v) is 4.99. The monoisotopic (exact) mass is 409 g/mol. The number of rotatable bonds is 8. The van der Waals surface area contributed by atoms with E-state index in [0.717, 1.165) is 33.5 Å². The number of hydrogen-bond donors (Lipinski definition) is 4. The van der Waals surface area contributed by atoms with Crippen LogP contribution in [-0.4, -0.2) is 44.5 Å². The second-order valence-electron chi connectivity index (χ2n) is 7.56. The first-order valence-electron chi connectivity index (χ1n) is 10.1. The smallest absolute Gasteiger partial charge is 0.244 e. The van der Waals surface area contributed by atoms with Crippen LogP contribution in [-0.2, 0) is 16.0 Å². The second-order valence-corrected chi connectivity index (χ2v) is 7.56. The number of aromatic amines is 1. The number of carbonyl (C=O) groups is 2. The fourth-order valence-electron chi connectivity index (χ4n) is 3.33. The van der Waals surface area contributed by atoms with Crippen molar-refractivity contribution in [3.05, 3.63) is 54.1 Å². The zero-order chi connectivity index (χ0) is 21.5. The highest BCUT2D eigenvalue weighted by Gasteiger charge is 2.15. The Morgan fingerprint density at radius 1 is 0.967 bits per heavy atom. The Morgan fingerprint density at radius 2 is 1.63 bits per heavy atom. The number of benzene rings is 2. The number of methoxy groups -OCH3 is 1. The SMILES string of the molecule is COc1ccc(-c2[nH]c3ccccc3c2CCC(=O)NNC(=O)CC[NH+](C)C)cc1. The highest BCUT2D eigenvalue weighted by molar-refractivity contribution is 5.91. The standard InChI is InChI=1S/C23H28N4O3/c1-27(2)15-14-22(29)26-25-21(28)13-12-19-18-6-4-5-7-20(18)24-23(19)16-8-10-17(30-3)11-9-16/h4-11,24H,12-15H2,1-3H3,(H,25,28)(H,26,29)/p+1. The average Bonchev–Trinajstić information content (AvgIpc) is 3.13. The number of H-pyrrole nitrogens is 1. The van der Waals surface area contributed by atoms with Gasteiger partial charge >= 0.3 is 0 Å². The zero-order valence-electron chi connectivity index (χ0n) is 17.7. The molecule has 0 saturated carbocycles. The molecule has 0 radical (unpaired) electrons. The maximum absolute atomic E-state index is 12.3. The molecule has 1 aromatic heterocycles. The Morgan fingerprint density at radius 3 is 2.30 bits per heavy atom. The Hall–Kier alpha value is -3.32. The molecule has 0 bridgehead atoms. The molecule has 1 heterocycles. The van der Waals surface area contributed by atoms with E-state index in [-0.39, 0.29) is 18.2 Å². The molecule has 0 atom stereocenters. The van der Waals surface area contributed by atoms with Crippen molar-refractivity contribution in [3.8, 4) is 17.0 Å². The van der Waals surface area contributed by atoms with Crippen LogP contribution in [0.1, 0.15) is 18.4 Å². The molecule has 4 N–H and O–H groups in total. The molecule has 0 aliphatic carbocycles. The molecule has 0 spiro atoms. The first-order valence-corrected chi connectivity index (χ1v) is 10.1. The van der Waals surface area contributed by atoms with Crippen molar-refractivity contribution in [3.63, 3.8) is 0 Å². The molecule has 7 heteroatoms. The molecule has 0 aliphatic heterocycles. The summed E-state index contributed by atoms with van der Waals surface area (Å²) in [6, 6.07) is 15.9. The Labute approximate surface area is 176 Å². The van der Waals surface area contributed by atoms with Crippen LogP contribution in [0.25, 0.3) is 22.2 Å². The van der Waals surface area contributed by atoms with E-state index in [4.69, 9.17) is 4.74 Å². The maximum Gasteiger partial charge on any atom is 0.244 e. The highest BCUT2D eigenvalue weighted by Crippen LogP contribution is 2.32. The van der Waals surface area contributed by atoms with Crippen LogP contribution in [0, 0.1) is 0 Å². The molecule has 0 aliphatic rings. The molecule has 3 rings (SSSR count). The van der Waals surface area contributed by atoms with E-state index < -0.39 is 0 Å². The van der Waals surface area contributed by atoms with E-state index in [1.54, 1.807) is 7.11 Å². The van der Waals surface area contributed by atoms with Crippen LogP contribution in [0.3, 0.4) is 0 Å². The molecule has 7 nitrogen and oxygen atoms in total. The Balaban J connectivity index is 1.70. The number of aromatic nitrogens is 1. The van der Waals surface area contributed by atoms with Crippen molar-refractivity contribution in [2.24, 2.45) is 0 Å². The lowest BCUT2D eigenvalue weighted by Gasteiger charge is -2.10. The van der Waals surface area contributed by atoms with Crippen molar-refractivity contribution in [1.29, 1.82) is 0 Å². The van der Waals surface area contributed by atoms with Crippen LogP contribution in [0.2, 0.25) is 0 Å². The Bertz CT molecular complexity index is 1010. The average molecular weight is 410 g/mol. The normalized spacial score (nSPS) is 10.9. The van der Waals surface area contributed by atoms with Gasteiger partial charge in [-0.05, 0) is 47.9 Å². The van der Waals surface area contributed by atoms with E-state index in [0.29, 0.717) is 19.4 Å². The molecule has 2 aromatic carbocycles.